The smallest absolute Gasteiger partial charge is 0.224 e. The van der Waals surface area contributed by atoms with E-state index in [-0.39, 0.29) is 11.9 Å². The first-order valence-electron chi connectivity index (χ1n) is 8.16. The maximum absolute atomic E-state index is 12.2. The fraction of sp³-hybridized carbons (Fsp3) is 0.471. The molecule has 0 spiro atoms. The first kappa shape index (κ1) is 16.7. The third kappa shape index (κ3) is 4.23. The summed E-state index contributed by atoms with van der Waals surface area (Å²) in [6.07, 6.45) is 4.11. The van der Waals surface area contributed by atoms with Gasteiger partial charge in [-0.15, -0.1) is 0 Å². The Hall–Kier alpha value is -2.15. The largest absolute Gasteiger partial charge is 0.363 e. The van der Waals surface area contributed by atoms with Gasteiger partial charge in [0.05, 0.1) is 6.42 Å². The molecular formula is C17H23N5OS. The lowest BCUT2D eigenvalue weighted by atomic mass is 10.1. The van der Waals surface area contributed by atoms with Crippen molar-refractivity contribution in [3.05, 3.63) is 34.8 Å². The van der Waals surface area contributed by atoms with Crippen LogP contribution in [0.1, 0.15) is 18.4 Å². The Morgan fingerprint density at radius 1 is 1.46 bits per heavy atom. The van der Waals surface area contributed by atoms with Crippen molar-refractivity contribution in [2.75, 3.05) is 37.0 Å². The molecular weight excluding hydrogens is 322 g/mol. The summed E-state index contributed by atoms with van der Waals surface area (Å²) in [6, 6.07) is 4.17. The van der Waals surface area contributed by atoms with Crippen LogP contribution in [0.15, 0.2) is 29.2 Å². The highest BCUT2D eigenvalue weighted by atomic mass is 32.1. The molecule has 1 fully saturated rings. The number of anilines is 2. The molecule has 1 aliphatic heterocycles. The van der Waals surface area contributed by atoms with E-state index < -0.39 is 0 Å². The molecule has 1 N–H and O–H groups in total. The molecule has 0 aliphatic carbocycles. The molecule has 24 heavy (non-hydrogen) atoms. The van der Waals surface area contributed by atoms with E-state index in [2.05, 4.69) is 20.2 Å². The Bertz CT molecular complexity index is 673. The number of nitrogens with one attached hydrogen (secondary N) is 1. The fourth-order valence-corrected chi connectivity index (χ4v) is 3.58. The number of carbonyl (C=O) groups excluding carboxylic acids is 1. The summed E-state index contributed by atoms with van der Waals surface area (Å²) < 4.78 is 0. The molecule has 1 atom stereocenters. The lowest BCUT2D eigenvalue weighted by Crippen LogP contribution is -2.48. The topological polar surface area (TPSA) is 61.4 Å². The van der Waals surface area contributed by atoms with Gasteiger partial charge in [0.1, 0.15) is 18.0 Å². The standard InChI is InChI=1S/C17H23N5OS/c1-21(2)15-9-16(19-12-18-15)22-6-3-4-14(10-22)20-17(23)8-13-5-7-24-11-13/h5,7,9,11-12,14H,3-4,6,8,10H2,1-2H3,(H,20,23). The van der Waals surface area contributed by atoms with E-state index in [0.717, 1.165) is 43.1 Å². The van der Waals surface area contributed by atoms with E-state index in [0.29, 0.717) is 6.42 Å². The van der Waals surface area contributed by atoms with Crippen molar-refractivity contribution in [1.82, 2.24) is 15.3 Å². The second-order valence-electron chi connectivity index (χ2n) is 6.29. The van der Waals surface area contributed by atoms with Gasteiger partial charge in [0, 0.05) is 39.3 Å². The van der Waals surface area contributed by atoms with Crippen molar-refractivity contribution in [1.29, 1.82) is 0 Å². The Labute approximate surface area is 146 Å². The van der Waals surface area contributed by atoms with Gasteiger partial charge in [0.2, 0.25) is 5.91 Å². The van der Waals surface area contributed by atoms with E-state index in [1.54, 1.807) is 17.7 Å². The van der Waals surface area contributed by atoms with E-state index in [1.165, 1.54) is 0 Å². The summed E-state index contributed by atoms with van der Waals surface area (Å²) in [5.41, 5.74) is 1.08. The van der Waals surface area contributed by atoms with Crippen molar-refractivity contribution in [3.8, 4) is 0 Å². The number of amides is 1. The lowest BCUT2D eigenvalue weighted by molar-refractivity contribution is -0.121. The SMILES string of the molecule is CN(C)c1cc(N2CCCC(NC(=O)Cc3ccsc3)C2)ncn1. The zero-order valence-corrected chi connectivity index (χ0v) is 14.9. The quantitative estimate of drug-likeness (QED) is 0.897. The maximum atomic E-state index is 12.2. The van der Waals surface area contributed by atoms with Crippen LogP contribution in [0.4, 0.5) is 11.6 Å². The summed E-state index contributed by atoms with van der Waals surface area (Å²) in [5, 5.41) is 7.19. The number of rotatable bonds is 5. The summed E-state index contributed by atoms with van der Waals surface area (Å²) in [4.78, 5) is 25.1. The second kappa shape index (κ2) is 7.61. The molecule has 1 unspecified atom stereocenters. The van der Waals surface area contributed by atoms with Crippen molar-refractivity contribution in [2.24, 2.45) is 0 Å². The highest BCUT2D eigenvalue weighted by Crippen LogP contribution is 2.20. The fourth-order valence-electron chi connectivity index (χ4n) is 2.92. The molecule has 6 nitrogen and oxygen atoms in total. The van der Waals surface area contributed by atoms with Crippen LogP contribution >= 0.6 is 11.3 Å². The van der Waals surface area contributed by atoms with Crippen LogP contribution in [0.2, 0.25) is 0 Å². The van der Waals surface area contributed by atoms with Crippen LogP contribution in [0.5, 0.6) is 0 Å². The van der Waals surface area contributed by atoms with Gasteiger partial charge in [-0.2, -0.15) is 11.3 Å². The number of aromatic nitrogens is 2. The molecule has 2 aromatic heterocycles. The van der Waals surface area contributed by atoms with Gasteiger partial charge >= 0.3 is 0 Å². The summed E-state index contributed by atoms with van der Waals surface area (Å²) >= 11 is 1.62. The normalized spacial score (nSPS) is 17.6. The average molecular weight is 345 g/mol. The van der Waals surface area contributed by atoms with Crippen LogP contribution < -0.4 is 15.1 Å². The molecule has 3 rings (SSSR count). The highest BCUT2D eigenvalue weighted by molar-refractivity contribution is 7.08. The zero-order valence-electron chi connectivity index (χ0n) is 14.1. The minimum absolute atomic E-state index is 0.0944. The van der Waals surface area contributed by atoms with E-state index in [9.17, 15) is 4.79 Å². The predicted octanol–water partition coefficient (Wildman–Crippen LogP) is 1.93. The number of hydrogen-bond donors (Lipinski definition) is 1. The second-order valence-corrected chi connectivity index (χ2v) is 7.07. The van der Waals surface area contributed by atoms with Gasteiger partial charge in [0.15, 0.2) is 0 Å². The van der Waals surface area contributed by atoms with E-state index in [4.69, 9.17) is 0 Å². The van der Waals surface area contributed by atoms with E-state index in [1.807, 2.05) is 41.9 Å². The molecule has 1 aliphatic rings. The number of nitrogens with zero attached hydrogens (tertiary/aromatic N) is 4. The number of piperidine rings is 1. The van der Waals surface area contributed by atoms with E-state index >= 15 is 0 Å². The molecule has 2 aromatic rings. The maximum Gasteiger partial charge on any atom is 0.224 e. The monoisotopic (exact) mass is 345 g/mol. The molecule has 128 valence electrons. The van der Waals surface area contributed by atoms with Crippen LogP contribution in [0.3, 0.4) is 0 Å². The van der Waals surface area contributed by atoms with Crippen molar-refractivity contribution >= 4 is 28.9 Å². The Balaban J connectivity index is 1.60. The minimum Gasteiger partial charge on any atom is -0.363 e. The molecule has 0 radical (unpaired) electrons. The molecule has 1 saturated heterocycles. The third-order valence-corrected chi connectivity index (χ3v) is 4.88. The first-order chi connectivity index (χ1) is 11.6. The van der Waals surface area contributed by atoms with Crippen LogP contribution in [-0.4, -0.2) is 49.1 Å². The van der Waals surface area contributed by atoms with Crippen molar-refractivity contribution in [3.63, 3.8) is 0 Å². The molecule has 0 aromatic carbocycles. The minimum atomic E-state index is 0.0944. The van der Waals surface area contributed by atoms with Crippen molar-refractivity contribution < 1.29 is 4.79 Å². The van der Waals surface area contributed by atoms with Crippen molar-refractivity contribution in [2.45, 2.75) is 25.3 Å². The zero-order chi connectivity index (χ0) is 16.9. The van der Waals surface area contributed by atoms with Gasteiger partial charge in [0.25, 0.3) is 0 Å². The van der Waals surface area contributed by atoms with Crippen LogP contribution in [0.25, 0.3) is 0 Å². The Morgan fingerprint density at radius 2 is 2.33 bits per heavy atom. The number of hydrogen-bond acceptors (Lipinski definition) is 6. The molecule has 7 heteroatoms. The van der Waals surface area contributed by atoms with Gasteiger partial charge in [-0.3, -0.25) is 4.79 Å². The Kier molecular flexibility index (Phi) is 5.30. The average Bonchev–Trinajstić information content (AvgIpc) is 3.08. The first-order valence-corrected chi connectivity index (χ1v) is 9.11. The Morgan fingerprint density at radius 3 is 3.08 bits per heavy atom. The number of thiophene rings is 1. The molecule has 3 heterocycles. The summed E-state index contributed by atoms with van der Waals surface area (Å²) in [5.74, 6) is 1.91. The summed E-state index contributed by atoms with van der Waals surface area (Å²) in [7, 11) is 3.94. The van der Waals surface area contributed by atoms with Gasteiger partial charge in [-0.1, -0.05) is 0 Å². The van der Waals surface area contributed by atoms with Crippen LogP contribution in [-0.2, 0) is 11.2 Å². The van der Waals surface area contributed by atoms with Gasteiger partial charge in [-0.05, 0) is 35.2 Å². The van der Waals surface area contributed by atoms with Gasteiger partial charge < -0.3 is 15.1 Å². The third-order valence-electron chi connectivity index (χ3n) is 4.15. The number of carbonyl (C=O) groups is 1. The van der Waals surface area contributed by atoms with Gasteiger partial charge in [-0.25, -0.2) is 9.97 Å². The predicted molar refractivity (Wildman–Crippen MR) is 97.8 cm³/mol. The summed E-state index contributed by atoms with van der Waals surface area (Å²) in [6.45, 7) is 1.75. The lowest BCUT2D eigenvalue weighted by Gasteiger charge is -2.34. The highest BCUT2D eigenvalue weighted by Gasteiger charge is 2.22. The molecule has 1 amide bonds. The molecule has 0 saturated carbocycles. The molecule has 0 bridgehead atoms. The van der Waals surface area contributed by atoms with Crippen LogP contribution in [0, 0.1) is 0 Å².